The molecule has 3 aromatic carbocycles. The number of sulfonamides is 1. The number of carbonyl (C=O) groups excluding carboxylic acids is 3. The van der Waals surface area contributed by atoms with Gasteiger partial charge in [0.15, 0.2) is 6.61 Å². The molecule has 3 amide bonds. The van der Waals surface area contributed by atoms with E-state index in [0.29, 0.717) is 5.69 Å². The van der Waals surface area contributed by atoms with Crippen molar-refractivity contribution in [3.8, 4) is 0 Å². The minimum Gasteiger partial charge on any atom is -0.452 e. The zero-order valence-electron chi connectivity index (χ0n) is 19.2. The SMILES string of the molecule is Cc1ccc(N(C)S(=O)(=O)c2cccc(C(=O)OCC(=O)NC(=O)NCc3ccccc3)c2)cc1. The normalized spacial score (nSPS) is 10.8. The van der Waals surface area contributed by atoms with Crippen LogP contribution in [0.3, 0.4) is 0 Å². The Hall–Kier alpha value is -4.18. The quantitative estimate of drug-likeness (QED) is 0.464. The zero-order chi connectivity index (χ0) is 25.4. The van der Waals surface area contributed by atoms with Crippen molar-refractivity contribution >= 4 is 33.6 Å². The number of imide groups is 1. The zero-order valence-corrected chi connectivity index (χ0v) is 20.0. The molecule has 0 aliphatic carbocycles. The highest BCUT2D eigenvalue weighted by atomic mass is 32.2. The third kappa shape index (κ3) is 6.90. The van der Waals surface area contributed by atoms with Crippen molar-refractivity contribution in [1.82, 2.24) is 10.6 Å². The summed E-state index contributed by atoms with van der Waals surface area (Å²) in [6.45, 7) is 1.40. The third-order valence-electron chi connectivity index (χ3n) is 5.01. The molecular weight excluding hydrogens is 470 g/mol. The van der Waals surface area contributed by atoms with Crippen LogP contribution in [0.1, 0.15) is 21.5 Å². The molecule has 0 saturated carbocycles. The molecule has 35 heavy (non-hydrogen) atoms. The van der Waals surface area contributed by atoms with Crippen LogP contribution in [0.25, 0.3) is 0 Å². The van der Waals surface area contributed by atoms with Crippen LogP contribution >= 0.6 is 0 Å². The van der Waals surface area contributed by atoms with Gasteiger partial charge in [-0.15, -0.1) is 0 Å². The van der Waals surface area contributed by atoms with Crippen LogP contribution in [0.4, 0.5) is 10.5 Å². The number of hydrogen-bond acceptors (Lipinski definition) is 6. The van der Waals surface area contributed by atoms with Crippen LogP contribution in [0, 0.1) is 6.92 Å². The van der Waals surface area contributed by atoms with E-state index >= 15 is 0 Å². The van der Waals surface area contributed by atoms with Crippen molar-refractivity contribution in [2.75, 3.05) is 18.0 Å². The number of anilines is 1. The summed E-state index contributed by atoms with van der Waals surface area (Å²) in [4.78, 5) is 36.1. The van der Waals surface area contributed by atoms with Crippen LogP contribution in [-0.2, 0) is 26.1 Å². The molecule has 0 fully saturated rings. The minimum absolute atomic E-state index is 0.0512. The second-order valence-electron chi connectivity index (χ2n) is 7.63. The van der Waals surface area contributed by atoms with E-state index in [4.69, 9.17) is 4.74 Å². The van der Waals surface area contributed by atoms with Crippen LogP contribution in [0.5, 0.6) is 0 Å². The van der Waals surface area contributed by atoms with E-state index in [0.717, 1.165) is 15.4 Å². The Labute approximate surface area is 203 Å². The topological polar surface area (TPSA) is 122 Å². The number of hydrogen-bond donors (Lipinski definition) is 2. The standard InChI is InChI=1S/C25H25N3O6S/c1-18-11-13-21(14-12-18)28(2)35(32,33)22-10-6-9-20(15-22)24(30)34-17-23(29)27-25(31)26-16-19-7-4-3-5-8-19/h3-15H,16-17H2,1-2H3,(H2,26,27,29,31). The van der Waals surface area contributed by atoms with Gasteiger partial charge in [0.2, 0.25) is 0 Å². The molecule has 3 aromatic rings. The highest BCUT2D eigenvalue weighted by Crippen LogP contribution is 2.23. The number of rotatable bonds is 8. The Morgan fingerprint density at radius 3 is 2.29 bits per heavy atom. The first kappa shape index (κ1) is 25.4. The Kier molecular flexibility index (Phi) is 8.21. The van der Waals surface area contributed by atoms with Crippen LogP contribution in [-0.4, -0.2) is 40.0 Å². The third-order valence-corrected chi connectivity index (χ3v) is 6.79. The molecule has 0 aliphatic rings. The smallest absolute Gasteiger partial charge is 0.338 e. The maximum Gasteiger partial charge on any atom is 0.338 e. The average Bonchev–Trinajstić information content (AvgIpc) is 2.86. The number of carbonyl (C=O) groups is 3. The monoisotopic (exact) mass is 495 g/mol. The Morgan fingerprint density at radius 2 is 1.60 bits per heavy atom. The lowest BCUT2D eigenvalue weighted by molar-refractivity contribution is -0.123. The van der Waals surface area contributed by atoms with E-state index in [2.05, 4.69) is 10.6 Å². The van der Waals surface area contributed by atoms with Crippen molar-refractivity contribution in [1.29, 1.82) is 0 Å². The summed E-state index contributed by atoms with van der Waals surface area (Å²) >= 11 is 0. The first-order valence-electron chi connectivity index (χ1n) is 10.6. The van der Waals surface area contributed by atoms with Gasteiger partial charge in [-0.25, -0.2) is 18.0 Å². The molecule has 3 rings (SSSR count). The molecule has 182 valence electrons. The van der Waals surface area contributed by atoms with E-state index in [1.165, 1.54) is 31.3 Å². The molecule has 0 unspecified atom stereocenters. The lowest BCUT2D eigenvalue weighted by Crippen LogP contribution is -2.41. The average molecular weight is 496 g/mol. The van der Waals surface area contributed by atoms with Crippen molar-refractivity contribution < 1.29 is 27.5 Å². The van der Waals surface area contributed by atoms with Gasteiger partial charge in [-0.1, -0.05) is 54.1 Å². The number of urea groups is 1. The van der Waals surface area contributed by atoms with E-state index < -0.39 is 34.5 Å². The predicted molar refractivity (Wildman–Crippen MR) is 130 cm³/mol. The van der Waals surface area contributed by atoms with Crippen molar-refractivity contribution in [2.45, 2.75) is 18.4 Å². The fourth-order valence-corrected chi connectivity index (χ4v) is 4.28. The lowest BCUT2D eigenvalue weighted by Gasteiger charge is -2.20. The summed E-state index contributed by atoms with van der Waals surface area (Å²) < 4.78 is 32.1. The van der Waals surface area contributed by atoms with Crippen molar-refractivity contribution in [3.05, 3.63) is 95.6 Å². The number of nitrogens with one attached hydrogen (secondary N) is 2. The van der Waals surface area contributed by atoms with Crippen LogP contribution in [0.15, 0.2) is 83.8 Å². The van der Waals surface area contributed by atoms with Crippen LogP contribution < -0.4 is 14.9 Å². The van der Waals surface area contributed by atoms with Crippen LogP contribution in [0.2, 0.25) is 0 Å². The predicted octanol–water partition coefficient (Wildman–Crippen LogP) is 3.00. The van der Waals surface area contributed by atoms with Gasteiger partial charge >= 0.3 is 12.0 Å². The summed E-state index contributed by atoms with van der Waals surface area (Å²) in [6.07, 6.45) is 0. The summed E-state index contributed by atoms with van der Waals surface area (Å²) in [5, 5.41) is 4.58. The van der Waals surface area contributed by atoms with Gasteiger partial charge in [0.25, 0.3) is 15.9 Å². The highest BCUT2D eigenvalue weighted by Gasteiger charge is 2.23. The number of esters is 1. The first-order valence-corrected chi connectivity index (χ1v) is 12.1. The Morgan fingerprint density at radius 1 is 0.914 bits per heavy atom. The van der Waals surface area contributed by atoms with Gasteiger partial charge in [0.1, 0.15) is 0 Å². The number of benzene rings is 3. The molecule has 0 bridgehead atoms. The second-order valence-corrected chi connectivity index (χ2v) is 9.60. The molecule has 9 nitrogen and oxygen atoms in total. The molecule has 0 spiro atoms. The van der Waals surface area contributed by atoms with Gasteiger partial charge in [0.05, 0.1) is 16.1 Å². The molecule has 0 aromatic heterocycles. The first-order chi connectivity index (χ1) is 16.7. The van der Waals surface area contributed by atoms with Crippen molar-refractivity contribution in [2.24, 2.45) is 0 Å². The maximum absolute atomic E-state index is 13.0. The molecule has 0 aliphatic heterocycles. The summed E-state index contributed by atoms with van der Waals surface area (Å²) in [5.74, 6) is -1.73. The summed E-state index contributed by atoms with van der Waals surface area (Å²) in [5.41, 5.74) is 2.25. The summed E-state index contributed by atoms with van der Waals surface area (Å²) in [6, 6.07) is 20.6. The minimum atomic E-state index is -3.94. The number of nitrogens with zero attached hydrogens (tertiary/aromatic N) is 1. The molecule has 0 radical (unpaired) electrons. The molecular formula is C25H25N3O6S. The molecule has 0 heterocycles. The molecule has 0 saturated heterocycles. The highest BCUT2D eigenvalue weighted by molar-refractivity contribution is 7.92. The lowest BCUT2D eigenvalue weighted by atomic mass is 10.2. The molecule has 10 heteroatoms. The van der Waals surface area contributed by atoms with E-state index in [1.54, 1.807) is 24.3 Å². The van der Waals surface area contributed by atoms with Gasteiger partial charge < -0.3 is 10.1 Å². The Bertz CT molecular complexity index is 1310. The number of amides is 3. The fourth-order valence-electron chi connectivity index (χ4n) is 3.03. The number of aryl methyl sites for hydroxylation is 1. The van der Waals surface area contributed by atoms with Gasteiger partial charge in [-0.2, -0.15) is 0 Å². The largest absolute Gasteiger partial charge is 0.452 e. The van der Waals surface area contributed by atoms with Gasteiger partial charge in [-0.3, -0.25) is 14.4 Å². The maximum atomic E-state index is 13.0. The molecule has 2 N–H and O–H groups in total. The van der Waals surface area contributed by atoms with Gasteiger partial charge in [0, 0.05) is 13.6 Å². The van der Waals surface area contributed by atoms with E-state index in [9.17, 15) is 22.8 Å². The van der Waals surface area contributed by atoms with E-state index in [-0.39, 0.29) is 17.0 Å². The molecule has 0 atom stereocenters. The fraction of sp³-hybridized carbons (Fsp3) is 0.160. The number of ether oxygens (including phenoxy) is 1. The Balaban J connectivity index is 1.56. The van der Waals surface area contributed by atoms with Gasteiger partial charge in [-0.05, 0) is 42.8 Å². The summed E-state index contributed by atoms with van der Waals surface area (Å²) in [7, 11) is -2.53. The van der Waals surface area contributed by atoms with Crippen molar-refractivity contribution in [3.63, 3.8) is 0 Å². The second kappa shape index (κ2) is 11.3. The van der Waals surface area contributed by atoms with E-state index in [1.807, 2.05) is 37.3 Å².